The van der Waals surface area contributed by atoms with Crippen molar-refractivity contribution in [2.24, 2.45) is 5.92 Å². The molecule has 0 saturated carbocycles. The molecule has 0 aliphatic carbocycles. The normalized spacial score (nSPS) is 16.2. The first-order valence-electron chi connectivity index (χ1n) is 8.30. The van der Waals surface area contributed by atoms with Crippen molar-refractivity contribution >= 4 is 48.9 Å². The number of carbonyl (C=O) groups excluding carboxylic acids is 1. The maximum atomic E-state index is 12.4. The van der Waals surface area contributed by atoms with Gasteiger partial charge in [0.2, 0.25) is 0 Å². The van der Waals surface area contributed by atoms with Crippen molar-refractivity contribution in [3.8, 4) is 5.75 Å². The number of amides is 1. The number of nitrogens with zero attached hydrogens (tertiary/aromatic N) is 2. The molecule has 1 amide bonds. The van der Waals surface area contributed by atoms with Crippen molar-refractivity contribution < 1.29 is 9.53 Å². The first kappa shape index (κ1) is 15.8. The molecule has 126 valence electrons. The Morgan fingerprint density at radius 1 is 1.42 bits per heavy atom. The third-order valence-electron chi connectivity index (χ3n) is 4.66. The summed E-state index contributed by atoms with van der Waals surface area (Å²) in [4.78, 5) is 19.0. The Kier molecular flexibility index (Phi) is 4.18. The van der Waals surface area contributed by atoms with Crippen molar-refractivity contribution in [2.45, 2.75) is 26.7 Å². The molecule has 4 nitrogen and oxygen atoms in total. The maximum Gasteiger partial charge on any atom is 0.260 e. The van der Waals surface area contributed by atoms with E-state index in [-0.39, 0.29) is 12.5 Å². The zero-order chi connectivity index (χ0) is 16.7. The number of thiophene rings is 1. The first-order valence-corrected chi connectivity index (χ1v) is 9.99. The van der Waals surface area contributed by atoms with Crippen LogP contribution < -0.4 is 4.74 Å². The van der Waals surface area contributed by atoms with Gasteiger partial charge in [-0.15, -0.1) is 22.7 Å². The van der Waals surface area contributed by atoms with Crippen LogP contribution in [-0.2, 0) is 4.79 Å². The SMILES string of the molecule is Cc1nc2c(cc(OCC(=O)N3CCC(C)CC3)c3ccsc32)s1. The van der Waals surface area contributed by atoms with Gasteiger partial charge >= 0.3 is 0 Å². The van der Waals surface area contributed by atoms with Crippen LogP contribution in [-0.4, -0.2) is 35.5 Å². The van der Waals surface area contributed by atoms with Crippen LogP contribution in [0.25, 0.3) is 20.3 Å². The lowest BCUT2D eigenvalue weighted by atomic mass is 9.99. The van der Waals surface area contributed by atoms with E-state index in [2.05, 4.69) is 23.4 Å². The van der Waals surface area contributed by atoms with E-state index in [1.807, 2.05) is 17.9 Å². The minimum Gasteiger partial charge on any atom is -0.483 e. The molecule has 2 aromatic heterocycles. The molecule has 0 N–H and O–H groups in total. The Bertz CT molecular complexity index is 891. The molecule has 0 bridgehead atoms. The fraction of sp³-hybridized carbons (Fsp3) is 0.444. The molecule has 3 heterocycles. The molecule has 1 aromatic carbocycles. The van der Waals surface area contributed by atoms with E-state index in [0.29, 0.717) is 0 Å². The van der Waals surface area contributed by atoms with Gasteiger partial charge in [0.15, 0.2) is 6.61 Å². The predicted octanol–water partition coefficient (Wildman–Crippen LogP) is 4.46. The van der Waals surface area contributed by atoms with Crippen molar-refractivity contribution in [3.05, 3.63) is 22.5 Å². The molecule has 0 atom stereocenters. The average Bonchev–Trinajstić information content (AvgIpc) is 3.18. The summed E-state index contributed by atoms with van der Waals surface area (Å²) in [7, 11) is 0. The van der Waals surface area contributed by atoms with Crippen LogP contribution in [0.4, 0.5) is 0 Å². The average molecular weight is 361 g/mol. The highest BCUT2D eigenvalue weighted by molar-refractivity contribution is 7.21. The van der Waals surface area contributed by atoms with Gasteiger partial charge in [0.1, 0.15) is 5.75 Å². The van der Waals surface area contributed by atoms with Crippen molar-refractivity contribution in [1.82, 2.24) is 9.88 Å². The smallest absolute Gasteiger partial charge is 0.260 e. The molecule has 24 heavy (non-hydrogen) atoms. The number of thiazole rings is 1. The molecule has 1 fully saturated rings. The molecular weight excluding hydrogens is 340 g/mol. The van der Waals surface area contributed by atoms with Gasteiger partial charge in [-0.2, -0.15) is 0 Å². The Balaban J connectivity index is 1.55. The minimum absolute atomic E-state index is 0.0888. The Hall–Kier alpha value is -1.66. The highest BCUT2D eigenvalue weighted by Crippen LogP contribution is 2.38. The molecule has 1 saturated heterocycles. The van der Waals surface area contributed by atoms with E-state index in [1.165, 1.54) is 0 Å². The zero-order valence-electron chi connectivity index (χ0n) is 13.9. The summed E-state index contributed by atoms with van der Waals surface area (Å²) in [5, 5.41) is 4.16. The van der Waals surface area contributed by atoms with Gasteiger partial charge in [0, 0.05) is 24.5 Å². The lowest BCUT2D eigenvalue weighted by Gasteiger charge is -2.30. The van der Waals surface area contributed by atoms with Gasteiger partial charge in [-0.25, -0.2) is 4.98 Å². The second kappa shape index (κ2) is 6.33. The minimum atomic E-state index is 0.0888. The number of likely N-dealkylation sites (tertiary alicyclic amines) is 1. The summed E-state index contributed by atoms with van der Waals surface area (Å²) in [6.07, 6.45) is 2.18. The third-order valence-corrected chi connectivity index (χ3v) is 6.49. The molecule has 1 aliphatic heterocycles. The summed E-state index contributed by atoms with van der Waals surface area (Å²) in [5.41, 5.74) is 1.05. The number of hydrogen-bond acceptors (Lipinski definition) is 5. The molecule has 4 rings (SSSR count). The van der Waals surface area contributed by atoms with E-state index in [4.69, 9.17) is 4.74 Å². The van der Waals surface area contributed by atoms with Crippen LogP contribution in [0.5, 0.6) is 5.75 Å². The standard InChI is InChI=1S/C18H20N2O2S2/c1-11-3-6-20(7-4-11)16(21)10-22-14-9-15-17(19-12(2)24-15)18-13(14)5-8-23-18/h5,8-9,11H,3-4,6-7,10H2,1-2H3. The van der Waals surface area contributed by atoms with Gasteiger partial charge in [-0.1, -0.05) is 6.92 Å². The van der Waals surface area contributed by atoms with Gasteiger partial charge in [-0.05, 0) is 37.1 Å². The van der Waals surface area contributed by atoms with Crippen LogP contribution in [0, 0.1) is 12.8 Å². The molecule has 0 unspecified atom stereocenters. The van der Waals surface area contributed by atoms with E-state index in [0.717, 1.165) is 62.9 Å². The largest absolute Gasteiger partial charge is 0.483 e. The van der Waals surface area contributed by atoms with Gasteiger partial charge in [0.25, 0.3) is 5.91 Å². The summed E-state index contributed by atoms with van der Waals surface area (Å²) in [5.74, 6) is 1.60. The predicted molar refractivity (Wildman–Crippen MR) is 100 cm³/mol. The number of aryl methyl sites for hydroxylation is 1. The van der Waals surface area contributed by atoms with Crippen molar-refractivity contribution in [1.29, 1.82) is 0 Å². The molecule has 6 heteroatoms. The lowest BCUT2D eigenvalue weighted by Crippen LogP contribution is -2.40. The second-order valence-electron chi connectivity index (χ2n) is 6.47. The highest BCUT2D eigenvalue weighted by Gasteiger charge is 2.21. The van der Waals surface area contributed by atoms with E-state index < -0.39 is 0 Å². The van der Waals surface area contributed by atoms with Gasteiger partial charge in [-0.3, -0.25) is 4.79 Å². The van der Waals surface area contributed by atoms with Gasteiger partial charge < -0.3 is 9.64 Å². The number of carbonyl (C=O) groups is 1. The number of fused-ring (bicyclic) bond motifs is 3. The summed E-state index contributed by atoms with van der Waals surface area (Å²) >= 11 is 3.34. The summed E-state index contributed by atoms with van der Waals surface area (Å²) < 4.78 is 8.20. The molecular formula is C18H20N2O2S2. The Labute approximate surface area is 149 Å². The van der Waals surface area contributed by atoms with Crippen LogP contribution in [0.1, 0.15) is 24.8 Å². The number of hydrogen-bond donors (Lipinski definition) is 0. The molecule has 0 spiro atoms. The summed E-state index contributed by atoms with van der Waals surface area (Å²) in [6.45, 7) is 6.08. The van der Waals surface area contributed by atoms with E-state index >= 15 is 0 Å². The third kappa shape index (κ3) is 2.89. The fourth-order valence-electron chi connectivity index (χ4n) is 3.20. The zero-order valence-corrected chi connectivity index (χ0v) is 15.5. The Morgan fingerprint density at radius 2 is 2.21 bits per heavy atom. The fourth-order valence-corrected chi connectivity index (χ4v) is 5.03. The van der Waals surface area contributed by atoms with Crippen LogP contribution in [0.2, 0.25) is 0 Å². The molecule has 0 radical (unpaired) electrons. The number of aromatic nitrogens is 1. The molecule has 3 aromatic rings. The van der Waals surface area contributed by atoms with E-state index in [9.17, 15) is 4.79 Å². The van der Waals surface area contributed by atoms with Crippen molar-refractivity contribution in [3.63, 3.8) is 0 Å². The summed E-state index contributed by atoms with van der Waals surface area (Å²) in [6, 6.07) is 4.08. The maximum absolute atomic E-state index is 12.4. The molecule has 1 aliphatic rings. The first-order chi connectivity index (χ1) is 11.6. The van der Waals surface area contributed by atoms with Crippen LogP contribution in [0.3, 0.4) is 0 Å². The number of piperidine rings is 1. The lowest BCUT2D eigenvalue weighted by molar-refractivity contribution is -0.134. The number of rotatable bonds is 3. The number of benzene rings is 1. The number of ether oxygens (including phenoxy) is 1. The van der Waals surface area contributed by atoms with Gasteiger partial charge in [0.05, 0.1) is 19.9 Å². The Morgan fingerprint density at radius 3 is 3.00 bits per heavy atom. The van der Waals surface area contributed by atoms with Crippen LogP contribution in [0.15, 0.2) is 17.5 Å². The van der Waals surface area contributed by atoms with E-state index in [1.54, 1.807) is 22.7 Å². The van der Waals surface area contributed by atoms with Crippen LogP contribution >= 0.6 is 22.7 Å². The quantitative estimate of drug-likeness (QED) is 0.693. The topological polar surface area (TPSA) is 42.4 Å². The second-order valence-corrected chi connectivity index (χ2v) is 8.62. The monoisotopic (exact) mass is 360 g/mol. The van der Waals surface area contributed by atoms with Crippen molar-refractivity contribution in [2.75, 3.05) is 19.7 Å². The highest BCUT2D eigenvalue weighted by atomic mass is 32.1.